The third kappa shape index (κ3) is 1.00. The molecule has 2 saturated heterocycles. The molecule has 1 saturated carbocycles. The third-order valence-corrected chi connectivity index (χ3v) is 3.33. The highest BCUT2D eigenvalue weighted by Gasteiger charge is 2.48. The zero-order valence-corrected chi connectivity index (χ0v) is 6.97. The predicted octanol–water partition coefficient (Wildman–Crippen LogP) is 0.302. The highest BCUT2D eigenvalue weighted by Crippen LogP contribution is 2.38. The van der Waals surface area contributed by atoms with E-state index >= 15 is 0 Å². The van der Waals surface area contributed by atoms with Crippen molar-refractivity contribution in [3.63, 3.8) is 0 Å². The SMILES string of the molecule is C1CC1CN1CC2(CNC2)C1. The van der Waals surface area contributed by atoms with Crippen molar-refractivity contribution in [2.45, 2.75) is 12.8 Å². The lowest BCUT2D eigenvalue weighted by Crippen LogP contribution is -2.71. The molecule has 0 radical (unpaired) electrons. The van der Waals surface area contributed by atoms with Crippen LogP contribution in [-0.4, -0.2) is 37.6 Å². The molecule has 0 aromatic heterocycles. The number of rotatable bonds is 2. The average molecular weight is 152 g/mol. The molecule has 1 spiro atoms. The molecule has 2 heteroatoms. The fourth-order valence-corrected chi connectivity index (χ4v) is 2.40. The van der Waals surface area contributed by atoms with Crippen LogP contribution in [0.15, 0.2) is 0 Å². The second-order valence-electron chi connectivity index (χ2n) is 4.72. The Morgan fingerprint density at radius 1 is 1.27 bits per heavy atom. The second kappa shape index (κ2) is 1.99. The molecule has 3 rings (SSSR count). The van der Waals surface area contributed by atoms with E-state index in [1.165, 1.54) is 45.6 Å². The van der Waals surface area contributed by atoms with Gasteiger partial charge in [0.25, 0.3) is 0 Å². The highest BCUT2D eigenvalue weighted by atomic mass is 15.3. The van der Waals surface area contributed by atoms with Crippen molar-refractivity contribution in [3.8, 4) is 0 Å². The Kier molecular flexibility index (Phi) is 1.16. The van der Waals surface area contributed by atoms with Gasteiger partial charge in [0.15, 0.2) is 0 Å². The van der Waals surface area contributed by atoms with E-state index in [4.69, 9.17) is 0 Å². The number of nitrogens with one attached hydrogen (secondary N) is 1. The lowest BCUT2D eigenvalue weighted by Gasteiger charge is -2.56. The summed E-state index contributed by atoms with van der Waals surface area (Å²) in [4.78, 5) is 2.64. The van der Waals surface area contributed by atoms with Crippen molar-refractivity contribution in [1.82, 2.24) is 10.2 Å². The molecular weight excluding hydrogens is 136 g/mol. The van der Waals surface area contributed by atoms with Crippen molar-refractivity contribution >= 4 is 0 Å². The van der Waals surface area contributed by atoms with Crippen LogP contribution in [0.5, 0.6) is 0 Å². The third-order valence-electron chi connectivity index (χ3n) is 3.33. The fraction of sp³-hybridized carbons (Fsp3) is 1.00. The van der Waals surface area contributed by atoms with Gasteiger partial charge < -0.3 is 10.2 Å². The molecule has 0 bridgehead atoms. The van der Waals surface area contributed by atoms with Crippen LogP contribution >= 0.6 is 0 Å². The molecule has 3 aliphatic rings. The van der Waals surface area contributed by atoms with Crippen LogP contribution in [0.1, 0.15) is 12.8 Å². The van der Waals surface area contributed by atoms with Gasteiger partial charge >= 0.3 is 0 Å². The number of likely N-dealkylation sites (tertiary alicyclic amines) is 1. The van der Waals surface area contributed by atoms with E-state index in [-0.39, 0.29) is 0 Å². The summed E-state index contributed by atoms with van der Waals surface area (Å²) in [7, 11) is 0. The van der Waals surface area contributed by atoms with Crippen LogP contribution in [0.2, 0.25) is 0 Å². The van der Waals surface area contributed by atoms with E-state index < -0.39 is 0 Å². The van der Waals surface area contributed by atoms with Gasteiger partial charge in [-0.05, 0) is 18.8 Å². The molecule has 2 nitrogen and oxygen atoms in total. The summed E-state index contributed by atoms with van der Waals surface area (Å²) in [6.07, 6.45) is 3.00. The van der Waals surface area contributed by atoms with Crippen molar-refractivity contribution < 1.29 is 0 Å². The van der Waals surface area contributed by atoms with E-state index in [0.29, 0.717) is 0 Å². The minimum Gasteiger partial charge on any atom is -0.315 e. The molecule has 1 aliphatic carbocycles. The smallest absolute Gasteiger partial charge is 0.0207 e. The van der Waals surface area contributed by atoms with Crippen LogP contribution < -0.4 is 5.32 Å². The van der Waals surface area contributed by atoms with Crippen molar-refractivity contribution in [1.29, 1.82) is 0 Å². The molecule has 0 amide bonds. The van der Waals surface area contributed by atoms with Crippen LogP contribution in [0.4, 0.5) is 0 Å². The standard InChI is InChI=1S/C9H16N2/c1-2-8(1)3-11-6-9(7-11)4-10-5-9/h8,10H,1-7H2. The molecule has 0 aromatic carbocycles. The van der Waals surface area contributed by atoms with E-state index in [1.54, 1.807) is 0 Å². The van der Waals surface area contributed by atoms with Crippen molar-refractivity contribution in [2.24, 2.45) is 11.3 Å². The lowest BCUT2D eigenvalue weighted by molar-refractivity contribution is -0.0414. The molecule has 62 valence electrons. The monoisotopic (exact) mass is 152 g/mol. The predicted molar refractivity (Wildman–Crippen MR) is 44.5 cm³/mol. The zero-order valence-electron chi connectivity index (χ0n) is 6.97. The molecule has 2 aliphatic heterocycles. The Labute approximate surface area is 68.0 Å². The quantitative estimate of drug-likeness (QED) is 0.612. The first-order valence-electron chi connectivity index (χ1n) is 4.79. The van der Waals surface area contributed by atoms with Gasteiger partial charge in [0.05, 0.1) is 0 Å². The van der Waals surface area contributed by atoms with Gasteiger partial charge in [0.1, 0.15) is 0 Å². The first-order chi connectivity index (χ1) is 5.36. The normalized spacial score (nSPS) is 34.9. The maximum Gasteiger partial charge on any atom is 0.0207 e. The molecular formula is C9H16N2. The fourth-order valence-electron chi connectivity index (χ4n) is 2.40. The summed E-state index contributed by atoms with van der Waals surface area (Å²) in [6.45, 7) is 6.75. The molecule has 11 heavy (non-hydrogen) atoms. The largest absolute Gasteiger partial charge is 0.315 e. The van der Waals surface area contributed by atoms with Crippen molar-refractivity contribution in [3.05, 3.63) is 0 Å². The summed E-state index contributed by atoms with van der Waals surface area (Å²) in [6, 6.07) is 0. The topological polar surface area (TPSA) is 15.3 Å². The van der Waals surface area contributed by atoms with E-state index in [1.807, 2.05) is 0 Å². The van der Waals surface area contributed by atoms with E-state index in [0.717, 1.165) is 11.3 Å². The summed E-state index contributed by atoms with van der Waals surface area (Å²) in [5.74, 6) is 1.08. The number of hydrogen-bond donors (Lipinski definition) is 1. The number of nitrogens with zero attached hydrogens (tertiary/aromatic N) is 1. The molecule has 0 unspecified atom stereocenters. The minimum absolute atomic E-state index is 0.745. The summed E-state index contributed by atoms with van der Waals surface area (Å²) in [5.41, 5.74) is 0.745. The number of hydrogen-bond acceptors (Lipinski definition) is 2. The van der Waals surface area contributed by atoms with E-state index in [2.05, 4.69) is 10.2 Å². The Morgan fingerprint density at radius 2 is 2.00 bits per heavy atom. The Bertz CT molecular complexity index is 162. The average Bonchev–Trinajstić information content (AvgIpc) is 2.54. The Balaban J connectivity index is 1.47. The Morgan fingerprint density at radius 3 is 2.45 bits per heavy atom. The van der Waals surface area contributed by atoms with Crippen molar-refractivity contribution in [2.75, 3.05) is 32.7 Å². The van der Waals surface area contributed by atoms with Crippen LogP contribution in [0.25, 0.3) is 0 Å². The van der Waals surface area contributed by atoms with E-state index in [9.17, 15) is 0 Å². The summed E-state index contributed by atoms with van der Waals surface area (Å²) >= 11 is 0. The highest BCUT2D eigenvalue weighted by molar-refractivity contribution is 5.04. The molecule has 0 aromatic rings. The van der Waals surface area contributed by atoms with Crippen LogP contribution in [0.3, 0.4) is 0 Å². The molecule has 3 fully saturated rings. The molecule has 1 N–H and O–H groups in total. The molecule has 0 atom stereocenters. The first kappa shape index (κ1) is 6.44. The zero-order chi connectivity index (χ0) is 7.31. The van der Waals surface area contributed by atoms with Crippen LogP contribution in [0, 0.1) is 11.3 Å². The maximum absolute atomic E-state index is 3.37. The van der Waals surface area contributed by atoms with Crippen LogP contribution in [-0.2, 0) is 0 Å². The van der Waals surface area contributed by atoms with Gasteiger partial charge in [-0.1, -0.05) is 0 Å². The van der Waals surface area contributed by atoms with Gasteiger partial charge in [-0.25, -0.2) is 0 Å². The second-order valence-corrected chi connectivity index (χ2v) is 4.72. The maximum atomic E-state index is 3.37. The Hall–Kier alpha value is -0.0800. The van der Waals surface area contributed by atoms with Gasteiger partial charge in [-0.3, -0.25) is 0 Å². The lowest BCUT2D eigenvalue weighted by atomic mass is 9.74. The summed E-state index contributed by atoms with van der Waals surface area (Å²) < 4.78 is 0. The van der Waals surface area contributed by atoms with Gasteiger partial charge in [0.2, 0.25) is 0 Å². The van der Waals surface area contributed by atoms with Gasteiger partial charge in [-0.2, -0.15) is 0 Å². The summed E-state index contributed by atoms with van der Waals surface area (Å²) in [5, 5.41) is 3.37. The van der Waals surface area contributed by atoms with Gasteiger partial charge in [0, 0.05) is 38.1 Å². The first-order valence-corrected chi connectivity index (χ1v) is 4.79. The molecule has 2 heterocycles. The minimum atomic E-state index is 0.745. The van der Waals surface area contributed by atoms with Gasteiger partial charge in [-0.15, -0.1) is 0 Å².